The van der Waals surface area contributed by atoms with Crippen LogP contribution in [0.25, 0.3) is 0 Å². The number of carboxylic acids is 1. The highest BCUT2D eigenvalue weighted by molar-refractivity contribution is 6.35. The Bertz CT molecular complexity index is 890. The minimum Gasteiger partial charge on any atom is -0.475 e. The van der Waals surface area contributed by atoms with Gasteiger partial charge in [-0.3, -0.25) is 9.78 Å². The van der Waals surface area contributed by atoms with Gasteiger partial charge >= 0.3 is 12.1 Å². The largest absolute Gasteiger partial charge is 0.490 e. The average molecular weight is 494 g/mol. The molecule has 2 aromatic rings. The van der Waals surface area contributed by atoms with Gasteiger partial charge in [0, 0.05) is 44.1 Å². The smallest absolute Gasteiger partial charge is 0.475 e. The fraction of sp³-hybridized carbons (Fsp3) is 0.350. The number of amides is 1. The van der Waals surface area contributed by atoms with Crippen molar-refractivity contribution in [3.05, 3.63) is 63.9 Å². The molecule has 1 amide bonds. The number of carbonyl (C=O) groups is 2. The molecule has 12 heteroatoms. The molecule has 2 heterocycles. The Hall–Kier alpha value is -2.40. The van der Waals surface area contributed by atoms with Crippen LogP contribution in [-0.4, -0.2) is 65.8 Å². The first kappa shape index (κ1) is 25.9. The van der Waals surface area contributed by atoms with E-state index in [9.17, 15) is 18.0 Å². The zero-order valence-electron chi connectivity index (χ0n) is 16.6. The molecule has 174 valence electrons. The van der Waals surface area contributed by atoms with Gasteiger partial charge in [0.05, 0.1) is 10.0 Å². The number of pyridine rings is 1. The third-order valence-electron chi connectivity index (χ3n) is 4.34. The van der Waals surface area contributed by atoms with E-state index >= 15 is 0 Å². The zero-order valence-corrected chi connectivity index (χ0v) is 18.1. The van der Waals surface area contributed by atoms with Crippen LogP contribution in [-0.2, 0) is 14.3 Å². The van der Waals surface area contributed by atoms with Crippen LogP contribution in [0.15, 0.2) is 42.7 Å². The molecule has 2 N–H and O–H groups in total. The van der Waals surface area contributed by atoms with Gasteiger partial charge in [0.1, 0.15) is 12.7 Å². The van der Waals surface area contributed by atoms with Crippen molar-refractivity contribution in [2.45, 2.75) is 12.3 Å². The standard InChI is InChI=1S/C18H19Cl2N3O2.C2HF3O2/c19-14-10-22-11-15(20)17(14)18(13-4-2-1-3-5-13)25-12-16(24)23-8-6-21-7-9-23;3-2(4,5)1(6)7/h1-5,10-11,18,21H,6-9,12H2;(H,6,7). The van der Waals surface area contributed by atoms with Gasteiger partial charge in [-0.05, 0) is 5.56 Å². The topological polar surface area (TPSA) is 91.8 Å². The highest BCUT2D eigenvalue weighted by atomic mass is 35.5. The molecule has 0 bridgehead atoms. The summed E-state index contributed by atoms with van der Waals surface area (Å²) < 4.78 is 37.7. The predicted octanol–water partition coefficient (Wildman–Crippen LogP) is 3.56. The van der Waals surface area contributed by atoms with E-state index in [1.165, 1.54) is 12.4 Å². The molecule has 1 aromatic heterocycles. The van der Waals surface area contributed by atoms with Gasteiger partial charge in [-0.2, -0.15) is 13.2 Å². The van der Waals surface area contributed by atoms with Gasteiger partial charge < -0.3 is 20.1 Å². The van der Waals surface area contributed by atoms with E-state index < -0.39 is 18.2 Å². The van der Waals surface area contributed by atoms with E-state index in [2.05, 4.69) is 10.3 Å². The third-order valence-corrected chi connectivity index (χ3v) is 4.94. The van der Waals surface area contributed by atoms with Crippen LogP contribution in [0, 0.1) is 0 Å². The number of hydrogen-bond donors (Lipinski definition) is 2. The summed E-state index contributed by atoms with van der Waals surface area (Å²) in [5.74, 6) is -2.80. The van der Waals surface area contributed by atoms with Crippen LogP contribution in [0.1, 0.15) is 17.2 Å². The summed E-state index contributed by atoms with van der Waals surface area (Å²) in [7, 11) is 0. The molecule has 0 spiro atoms. The van der Waals surface area contributed by atoms with Crippen LogP contribution < -0.4 is 5.32 Å². The summed E-state index contributed by atoms with van der Waals surface area (Å²) in [6.07, 6.45) is -2.56. The Labute approximate surface area is 192 Å². The fourth-order valence-electron chi connectivity index (χ4n) is 2.81. The van der Waals surface area contributed by atoms with Crippen molar-refractivity contribution in [2.75, 3.05) is 32.8 Å². The highest BCUT2D eigenvalue weighted by Gasteiger charge is 2.38. The number of aliphatic carboxylic acids is 1. The summed E-state index contributed by atoms with van der Waals surface area (Å²) >= 11 is 12.6. The van der Waals surface area contributed by atoms with Crippen molar-refractivity contribution in [1.82, 2.24) is 15.2 Å². The van der Waals surface area contributed by atoms with Crippen molar-refractivity contribution in [2.24, 2.45) is 0 Å². The normalized spacial score (nSPS) is 14.8. The number of alkyl halides is 3. The Morgan fingerprint density at radius 3 is 2.16 bits per heavy atom. The van der Waals surface area contributed by atoms with E-state index in [1.54, 1.807) is 4.90 Å². The second-order valence-corrected chi connectivity index (χ2v) is 7.37. The van der Waals surface area contributed by atoms with Gasteiger partial charge in [0.2, 0.25) is 5.91 Å². The van der Waals surface area contributed by atoms with Crippen molar-refractivity contribution >= 4 is 35.1 Å². The van der Waals surface area contributed by atoms with Crippen LogP contribution in [0.3, 0.4) is 0 Å². The lowest BCUT2D eigenvalue weighted by Crippen LogP contribution is -2.47. The molecule has 7 nitrogen and oxygen atoms in total. The number of aromatic nitrogens is 1. The quantitative estimate of drug-likeness (QED) is 0.661. The molecule has 1 aromatic carbocycles. The first-order chi connectivity index (χ1) is 15.1. The van der Waals surface area contributed by atoms with Crippen molar-refractivity contribution in [3.8, 4) is 0 Å². The molecule has 1 aliphatic rings. The van der Waals surface area contributed by atoms with E-state index in [4.69, 9.17) is 37.8 Å². The summed E-state index contributed by atoms with van der Waals surface area (Å²) in [4.78, 5) is 27.1. The number of benzene rings is 1. The lowest BCUT2D eigenvalue weighted by molar-refractivity contribution is -0.192. The number of carbonyl (C=O) groups excluding carboxylic acids is 1. The first-order valence-electron chi connectivity index (χ1n) is 9.35. The number of nitrogens with zero attached hydrogens (tertiary/aromatic N) is 2. The Kier molecular flexibility index (Phi) is 9.70. The Morgan fingerprint density at radius 1 is 1.12 bits per heavy atom. The van der Waals surface area contributed by atoms with Crippen molar-refractivity contribution in [3.63, 3.8) is 0 Å². The van der Waals surface area contributed by atoms with E-state index in [0.717, 1.165) is 18.7 Å². The van der Waals surface area contributed by atoms with Crippen molar-refractivity contribution < 1.29 is 32.6 Å². The van der Waals surface area contributed by atoms with Crippen LogP contribution in [0.5, 0.6) is 0 Å². The molecular formula is C20H20Cl2F3N3O4. The number of rotatable bonds is 5. The van der Waals surface area contributed by atoms with Crippen molar-refractivity contribution in [1.29, 1.82) is 0 Å². The maximum atomic E-state index is 12.4. The lowest BCUT2D eigenvalue weighted by Gasteiger charge is -2.28. The molecule has 0 aliphatic carbocycles. The molecule has 1 atom stereocenters. The molecule has 1 aliphatic heterocycles. The Morgan fingerprint density at radius 2 is 1.66 bits per heavy atom. The number of hydrogen-bond acceptors (Lipinski definition) is 5. The van der Waals surface area contributed by atoms with E-state index in [1.807, 2.05) is 30.3 Å². The van der Waals surface area contributed by atoms with E-state index in [0.29, 0.717) is 28.7 Å². The average Bonchev–Trinajstić information content (AvgIpc) is 2.76. The number of piperazine rings is 1. The lowest BCUT2D eigenvalue weighted by atomic mass is 10.0. The maximum absolute atomic E-state index is 12.4. The van der Waals surface area contributed by atoms with Crippen LogP contribution >= 0.6 is 23.2 Å². The molecule has 3 rings (SSSR count). The SMILES string of the molecule is O=C(COC(c1ccccc1)c1c(Cl)cncc1Cl)N1CCNCC1.O=C(O)C(F)(F)F. The highest BCUT2D eigenvalue weighted by Crippen LogP contribution is 2.35. The zero-order chi connectivity index (χ0) is 23.7. The second-order valence-electron chi connectivity index (χ2n) is 6.55. The van der Waals surface area contributed by atoms with Crippen LogP contribution in [0.2, 0.25) is 10.0 Å². The fourth-order valence-corrected chi connectivity index (χ4v) is 3.37. The van der Waals surface area contributed by atoms with Gasteiger partial charge in [-0.15, -0.1) is 0 Å². The monoisotopic (exact) mass is 493 g/mol. The molecule has 1 fully saturated rings. The summed E-state index contributed by atoms with van der Waals surface area (Å²) in [5.41, 5.74) is 1.50. The molecule has 0 radical (unpaired) electrons. The Balaban J connectivity index is 0.000000451. The molecule has 1 unspecified atom stereocenters. The molecule has 0 saturated carbocycles. The minimum atomic E-state index is -5.08. The molecule has 1 saturated heterocycles. The first-order valence-corrected chi connectivity index (χ1v) is 10.1. The third kappa shape index (κ3) is 7.63. The summed E-state index contributed by atoms with van der Waals surface area (Å²) in [6, 6.07) is 9.59. The van der Waals surface area contributed by atoms with Gasteiger partial charge in [-0.1, -0.05) is 53.5 Å². The predicted molar refractivity (Wildman–Crippen MR) is 112 cm³/mol. The summed E-state index contributed by atoms with van der Waals surface area (Å²) in [5, 5.41) is 11.2. The number of carboxylic acid groups (broad SMARTS) is 1. The van der Waals surface area contributed by atoms with Gasteiger partial charge in [0.15, 0.2) is 0 Å². The van der Waals surface area contributed by atoms with Gasteiger partial charge in [0.25, 0.3) is 0 Å². The van der Waals surface area contributed by atoms with E-state index in [-0.39, 0.29) is 12.5 Å². The molecular weight excluding hydrogens is 474 g/mol. The number of ether oxygens (including phenoxy) is 1. The molecule has 32 heavy (non-hydrogen) atoms. The summed E-state index contributed by atoms with van der Waals surface area (Å²) in [6.45, 7) is 2.95. The second kappa shape index (κ2) is 12.0. The van der Waals surface area contributed by atoms with Crippen LogP contribution in [0.4, 0.5) is 13.2 Å². The number of halogens is 5. The van der Waals surface area contributed by atoms with Gasteiger partial charge in [-0.25, -0.2) is 4.79 Å². The number of nitrogens with one attached hydrogen (secondary N) is 1. The maximum Gasteiger partial charge on any atom is 0.490 e. The minimum absolute atomic E-state index is 0.0332.